The fraction of sp³-hybridized carbons (Fsp3) is 0.533. The number of nitrogen functional groups attached to an aromatic ring is 1. The summed E-state index contributed by atoms with van der Waals surface area (Å²) >= 11 is 0. The lowest BCUT2D eigenvalue weighted by Crippen LogP contribution is -2.26. The zero-order chi connectivity index (χ0) is 13.8. The van der Waals surface area contributed by atoms with Crippen molar-refractivity contribution >= 4 is 17.3 Å². The first-order chi connectivity index (χ1) is 9.11. The molecule has 104 valence electrons. The van der Waals surface area contributed by atoms with Crippen molar-refractivity contribution in [2.24, 2.45) is 5.92 Å². The van der Waals surface area contributed by atoms with Gasteiger partial charge in [-0.15, -0.1) is 0 Å². The van der Waals surface area contributed by atoms with Crippen LogP contribution in [0.25, 0.3) is 0 Å². The van der Waals surface area contributed by atoms with E-state index in [1.165, 1.54) is 12.8 Å². The number of carboxylic acid groups (broad SMARTS) is 1. The molecule has 1 aliphatic rings. The number of rotatable bonds is 3. The predicted octanol–water partition coefficient (Wildman–Crippen LogP) is 2.98. The number of aromatic carboxylic acids is 1. The maximum atomic E-state index is 11.3. The Morgan fingerprint density at radius 1 is 1.42 bits per heavy atom. The highest BCUT2D eigenvalue weighted by atomic mass is 16.4. The van der Waals surface area contributed by atoms with Crippen molar-refractivity contribution in [2.75, 3.05) is 23.7 Å². The third kappa shape index (κ3) is 3.19. The molecule has 2 rings (SSSR count). The molecular formula is C15H22N2O2. The number of carbonyl (C=O) groups is 1. The van der Waals surface area contributed by atoms with Gasteiger partial charge in [0.15, 0.2) is 0 Å². The van der Waals surface area contributed by atoms with Crippen LogP contribution in [0, 0.1) is 5.92 Å². The van der Waals surface area contributed by atoms with Gasteiger partial charge >= 0.3 is 5.97 Å². The Morgan fingerprint density at radius 2 is 2.21 bits per heavy atom. The van der Waals surface area contributed by atoms with E-state index in [1.54, 1.807) is 18.2 Å². The number of anilines is 2. The van der Waals surface area contributed by atoms with Crippen LogP contribution in [-0.4, -0.2) is 24.2 Å². The zero-order valence-corrected chi connectivity index (χ0v) is 11.4. The van der Waals surface area contributed by atoms with Gasteiger partial charge in [-0.25, -0.2) is 4.79 Å². The Kier molecular flexibility index (Phi) is 4.30. The topological polar surface area (TPSA) is 66.6 Å². The summed E-state index contributed by atoms with van der Waals surface area (Å²) in [4.78, 5) is 13.5. The van der Waals surface area contributed by atoms with Crippen molar-refractivity contribution in [3.63, 3.8) is 0 Å². The molecule has 1 saturated heterocycles. The molecule has 1 unspecified atom stereocenters. The lowest BCUT2D eigenvalue weighted by Gasteiger charge is -2.25. The third-order valence-electron chi connectivity index (χ3n) is 4.02. The largest absolute Gasteiger partial charge is 0.478 e. The lowest BCUT2D eigenvalue weighted by atomic mass is 9.98. The summed E-state index contributed by atoms with van der Waals surface area (Å²) < 4.78 is 0. The van der Waals surface area contributed by atoms with Gasteiger partial charge in [0.05, 0.1) is 11.3 Å². The van der Waals surface area contributed by atoms with Crippen molar-refractivity contribution in [1.82, 2.24) is 0 Å². The molecule has 0 amide bonds. The van der Waals surface area contributed by atoms with E-state index in [4.69, 9.17) is 5.73 Å². The average molecular weight is 262 g/mol. The van der Waals surface area contributed by atoms with E-state index in [0.29, 0.717) is 11.3 Å². The minimum Gasteiger partial charge on any atom is -0.478 e. The molecule has 0 aromatic heterocycles. The molecule has 1 aromatic carbocycles. The van der Waals surface area contributed by atoms with Gasteiger partial charge in [-0.2, -0.15) is 0 Å². The second-order valence-electron chi connectivity index (χ2n) is 5.27. The van der Waals surface area contributed by atoms with Gasteiger partial charge in [-0.1, -0.05) is 13.3 Å². The molecule has 0 spiro atoms. The molecule has 1 aliphatic heterocycles. The summed E-state index contributed by atoms with van der Waals surface area (Å²) in [5, 5.41) is 9.29. The van der Waals surface area contributed by atoms with Gasteiger partial charge in [-0.05, 0) is 43.4 Å². The number of carboxylic acids is 1. The summed E-state index contributed by atoms with van der Waals surface area (Å²) in [7, 11) is 0. The maximum Gasteiger partial charge on any atom is 0.337 e. The van der Waals surface area contributed by atoms with E-state index < -0.39 is 5.97 Å². The van der Waals surface area contributed by atoms with E-state index in [0.717, 1.165) is 37.5 Å². The second kappa shape index (κ2) is 5.95. The minimum atomic E-state index is -0.883. The molecule has 0 saturated carbocycles. The summed E-state index contributed by atoms with van der Waals surface area (Å²) in [5.41, 5.74) is 7.55. The first-order valence-electron chi connectivity index (χ1n) is 6.99. The van der Waals surface area contributed by atoms with Gasteiger partial charge in [0.1, 0.15) is 0 Å². The minimum absolute atomic E-state index is 0.351. The molecule has 3 N–H and O–H groups in total. The van der Waals surface area contributed by atoms with E-state index in [2.05, 4.69) is 11.8 Å². The van der Waals surface area contributed by atoms with E-state index >= 15 is 0 Å². The van der Waals surface area contributed by atoms with Crippen molar-refractivity contribution in [3.8, 4) is 0 Å². The Morgan fingerprint density at radius 3 is 2.89 bits per heavy atom. The molecule has 1 aromatic rings. The normalized spacial score (nSPS) is 20.1. The SMILES string of the molecule is CCC1CCCN(c2cc(N)ccc2C(=O)O)CC1. The summed E-state index contributed by atoms with van der Waals surface area (Å²) in [6, 6.07) is 5.05. The first kappa shape index (κ1) is 13.7. The highest BCUT2D eigenvalue weighted by Gasteiger charge is 2.20. The van der Waals surface area contributed by atoms with Crippen LogP contribution in [0.3, 0.4) is 0 Å². The fourth-order valence-corrected chi connectivity index (χ4v) is 2.81. The van der Waals surface area contributed by atoms with Crippen LogP contribution < -0.4 is 10.6 Å². The van der Waals surface area contributed by atoms with Crippen LogP contribution in [0.4, 0.5) is 11.4 Å². The standard InChI is InChI=1S/C15H22N2O2/c1-2-11-4-3-8-17(9-7-11)14-10-12(16)5-6-13(14)15(18)19/h5-6,10-11H,2-4,7-9,16H2,1H3,(H,18,19). The highest BCUT2D eigenvalue weighted by molar-refractivity contribution is 5.95. The Balaban J connectivity index is 2.25. The predicted molar refractivity (Wildman–Crippen MR) is 77.7 cm³/mol. The highest BCUT2D eigenvalue weighted by Crippen LogP contribution is 2.28. The molecule has 0 aliphatic carbocycles. The summed E-state index contributed by atoms with van der Waals surface area (Å²) in [6.45, 7) is 4.06. The number of hydrogen-bond acceptors (Lipinski definition) is 3. The molecule has 1 heterocycles. The van der Waals surface area contributed by atoms with Gasteiger partial charge < -0.3 is 15.7 Å². The van der Waals surface area contributed by atoms with Crippen LogP contribution in [0.15, 0.2) is 18.2 Å². The van der Waals surface area contributed by atoms with Crippen molar-refractivity contribution in [1.29, 1.82) is 0 Å². The number of nitrogens with zero attached hydrogens (tertiary/aromatic N) is 1. The third-order valence-corrected chi connectivity index (χ3v) is 4.02. The van der Waals surface area contributed by atoms with Gasteiger partial charge in [0.25, 0.3) is 0 Å². The zero-order valence-electron chi connectivity index (χ0n) is 11.4. The summed E-state index contributed by atoms with van der Waals surface area (Å²) in [5.74, 6) is -0.120. The summed E-state index contributed by atoms with van der Waals surface area (Å²) in [6.07, 6.45) is 4.69. The lowest BCUT2D eigenvalue weighted by molar-refractivity contribution is 0.0697. The molecule has 1 atom stereocenters. The van der Waals surface area contributed by atoms with Crippen LogP contribution in [0.5, 0.6) is 0 Å². The van der Waals surface area contributed by atoms with Crippen molar-refractivity contribution < 1.29 is 9.90 Å². The molecule has 19 heavy (non-hydrogen) atoms. The fourth-order valence-electron chi connectivity index (χ4n) is 2.81. The number of hydrogen-bond donors (Lipinski definition) is 2. The maximum absolute atomic E-state index is 11.3. The monoisotopic (exact) mass is 262 g/mol. The average Bonchev–Trinajstić information content (AvgIpc) is 2.63. The van der Waals surface area contributed by atoms with Gasteiger partial charge in [0.2, 0.25) is 0 Å². The van der Waals surface area contributed by atoms with Crippen LogP contribution >= 0.6 is 0 Å². The second-order valence-corrected chi connectivity index (χ2v) is 5.27. The Hall–Kier alpha value is -1.71. The van der Waals surface area contributed by atoms with E-state index in [9.17, 15) is 9.90 Å². The first-order valence-corrected chi connectivity index (χ1v) is 6.99. The molecular weight excluding hydrogens is 240 g/mol. The molecule has 4 heteroatoms. The smallest absolute Gasteiger partial charge is 0.337 e. The van der Waals surface area contributed by atoms with Crippen molar-refractivity contribution in [3.05, 3.63) is 23.8 Å². The van der Waals surface area contributed by atoms with Crippen LogP contribution in [0.1, 0.15) is 43.0 Å². The van der Waals surface area contributed by atoms with Gasteiger partial charge in [0, 0.05) is 18.8 Å². The molecule has 1 fully saturated rings. The molecule has 0 bridgehead atoms. The van der Waals surface area contributed by atoms with Crippen LogP contribution in [-0.2, 0) is 0 Å². The molecule has 4 nitrogen and oxygen atoms in total. The van der Waals surface area contributed by atoms with Gasteiger partial charge in [-0.3, -0.25) is 0 Å². The Labute approximate surface area is 114 Å². The van der Waals surface area contributed by atoms with Crippen LogP contribution in [0.2, 0.25) is 0 Å². The van der Waals surface area contributed by atoms with Crippen molar-refractivity contribution in [2.45, 2.75) is 32.6 Å². The Bertz CT molecular complexity index is 459. The number of nitrogens with two attached hydrogens (primary N) is 1. The van der Waals surface area contributed by atoms with E-state index in [-0.39, 0.29) is 0 Å². The molecule has 0 radical (unpaired) electrons. The van der Waals surface area contributed by atoms with E-state index in [1.807, 2.05) is 0 Å². The quantitative estimate of drug-likeness (QED) is 0.822. The number of benzene rings is 1.